The standard InChI is InChI=1S/C87H170O17P2/c1-8-9-10-11-12-13-14-15-16-17-18-19-20-21-29-34-41-49-56-63-70-86(91)103-82(74-97-84(89)68-61-54-47-40-33-28-24-22-26-31-37-44-51-58-65-78(2)3)76-101-105(93,94)99-72-81(88)73-100-106(95,96)102-77-83(75-98-85(90)69-62-55-48-43-36-39-46-53-60-67-80(6)7)104-87(92)71-64-57-50-42-35-30-25-23-27-32-38-45-52-59-66-79(4)5/h78-83,88H,8-77H2,1-7H3,(H,93,94)(H,95,96)/t81-,82-,83-/m1/s1. The van der Waals surface area contributed by atoms with Crippen LogP contribution >= 0.6 is 15.6 Å². The maximum atomic E-state index is 13.2. The molecule has 0 spiro atoms. The summed E-state index contributed by atoms with van der Waals surface area (Å²) in [6.45, 7) is 12.0. The van der Waals surface area contributed by atoms with E-state index in [0.717, 1.165) is 108 Å². The molecule has 3 N–H and O–H groups in total. The van der Waals surface area contributed by atoms with Crippen molar-refractivity contribution in [1.29, 1.82) is 0 Å². The summed E-state index contributed by atoms with van der Waals surface area (Å²) < 4.78 is 69.0. The predicted molar refractivity (Wildman–Crippen MR) is 437 cm³/mol. The average Bonchev–Trinajstić information content (AvgIpc) is 0.902. The fraction of sp³-hybridized carbons (Fsp3) is 0.954. The van der Waals surface area contributed by atoms with Gasteiger partial charge < -0.3 is 33.8 Å². The molecule has 0 rings (SSSR count). The van der Waals surface area contributed by atoms with Crippen molar-refractivity contribution < 1.29 is 80.2 Å². The highest BCUT2D eigenvalue weighted by Crippen LogP contribution is 2.45. The Labute approximate surface area is 651 Å². The molecule has 0 fully saturated rings. The van der Waals surface area contributed by atoms with E-state index >= 15 is 0 Å². The van der Waals surface area contributed by atoms with E-state index in [1.165, 1.54) is 270 Å². The molecule has 630 valence electrons. The van der Waals surface area contributed by atoms with Gasteiger partial charge in [0, 0.05) is 25.7 Å². The Morgan fingerprint density at radius 2 is 0.434 bits per heavy atom. The first-order chi connectivity index (χ1) is 51.2. The Bertz CT molecular complexity index is 2040. The van der Waals surface area contributed by atoms with E-state index in [2.05, 4.69) is 48.5 Å². The molecule has 0 aromatic carbocycles. The van der Waals surface area contributed by atoms with Gasteiger partial charge in [-0.15, -0.1) is 0 Å². The van der Waals surface area contributed by atoms with Crippen LogP contribution in [0.3, 0.4) is 0 Å². The number of unbranched alkanes of at least 4 members (excludes halogenated alkanes) is 53. The Morgan fingerprint density at radius 3 is 0.642 bits per heavy atom. The van der Waals surface area contributed by atoms with Crippen molar-refractivity contribution in [3.63, 3.8) is 0 Å². The smallest absolute Gasteiger partial charge is 0.462 e. The number of aliphatic hydroxyl groups is 1. The summed E-state index contributed by atoms with van der Waals surface area (Å²) in [6.07, 6.45) is 68.0. The van der Waals surface area contributed by atoms with Crippen LogP contribution in [0, 0.1) is 17.8 Å². The van der Waals surface area contributed by atoms with Gasteiger partial charge in [0.1, 0.15) is 19.3 Å². The molecule has 0 radical (unpaired) electrons. The minimum atomic E-state index is -4.97. The van der Waals surface area contributed by atoms with Crippen LogP contribution in [0.1, 0.15) is 459 Å². The fourth-order valence-electron chi connectivity index (χ4n) is 13.5. The van der Waals surface area contributed by atoms with Gasteiger partial charge in [-0.3, -0.25) is 37.3 Å². The summed E-state index contributed by atoms with van der Waals surface area (Å²) in [5.41, 5.74) is 0. The van der Waals surface area contributed by atoms with Crippen molar-refractivity contribution in [2.75, 3.05) is 39.6 Å². The van der Waals surface area contributed by atoms with Gasteiger partial charge in [-0.05, 0) is 43.4 Å². The molecule has 5 atom stereocenters. The molecule has 0 aliphatic heterocycles. The molecule has 0 aliphatic rings. The van der Waals surface area contributed by atoms with Crippen LogP contribution in [-0.4, -0.2) is 96.7 Å². The second kappa shape index (κ2) is 77.0. The second-order valence-electron chi connectivity index (χ2n) is 32.7. The molecule has 0 aliphatic carbocycles. The van der Waals surface area contributed by atoms with E-state index in [1.807, 2.05) is 0 Å². The number of hydrogen-bond donors (Lipinski definition) is 3. The van der Waals surface area contributed by atoms with Gasteiger partial charge in [0.05, 0.1) is 26.4 Å². The zero-order chi connectivity index (χ0) is 77.9. The largest absolute Gasteiger partial charge is 0.472 e. The lowest BCUT2D eigenvalue weighted by atomic mass is 10.0. The highest BCUT2D eigenvalue weighted by atomic mass is 31.2. The third-order valence-corrected chi connectivity index (χ3v) is 22.3. The fourth-order valence-corrected chi connectivity index (χ4v) is 15.1. The topological polar surface area (TPSA) is 237 Å². The third kappa shape index (κ3) is 80.1. The van der Waals surface area contributed by atoms with Crippen molar-refractivity contribution in [3.05, 3.63) is 0 Å². The molecule has 106 heavy (non-hydrogen) atoms. The summed E-state index contributed by atoms with van der Waals surface area (Å²) in [6, 6.07) is 0. The van der Waals surface area contributed by atoms with Crippen LogP contribution in [0.4, 0.5) is 0 Å². The van der Waals surface area contributed by atoms with Crippen LogP contribution in [0.5, 0.6) is 0 Å². The van der Waals surface area contributed by atoms with Gasteiger partial charge in [-0.1, -0.05) is 408 Å². The number of esters is 4. The molecule has 2 unspecified atom stereocenters. The van der Waals surface area contributed by atoms with E-state index in [4.69, 9.17) is 37.0 Å². The average molecular weight is 1550 g/mol. The van der Waals surface area contributed by atoms with Crippen LogP contribution in [0.2, 0.25) is 0 Å². The minimum absolute atomic E-state index is 0.107. The lowest BCUT2D eigenvalue weighted by molar-refractivity contribution is -0.161. The van der Waals surface area contributed by atoms with Gasteiger partial charge >= 0.3 is 39.5 Å². The predicted octanol–water partition coefficient (Wildman–Crippen LogP) is 26.5. The third-order valence-electron chi connectivity index (χ3n) is 20.4. The van der Waals surface area contributed by atoms with Gasteiger partial charge in [0.2, 0.25) is 0 Å². The van der Waals surface area contributed by atoms with Crippen molar-refractivity contribution >= 4 is 39.5 Å². The minimum Gasteiger partial charge on any atom is -0.462 e. The van der Waals surface area contributed by atoms with Crippen LogP contribution in [0.25, 0.3) is 0 Å². The van der Waals surface area contributed by atoms with Crippen LogP contribution < -0.4 is 0 Å². The molecular formula is C87H170O17P2. The maximum absolute atomic E-state index is 13.2. The zero-order valence-electron chi connectivity index (χ0n) is 69.9. The molecule has 17 nitrogen and oxygen atoms in total. The number of rotatable bonds is 85. The van der Waals surface area contributed by atoms with Crippen LogP contribution in [0.15, 0.2) is 0 Å². The summed E-state index contributed by atoms with van der Waals surface area (Å²) in [7, 11) is -9.93. The summed E-state index contributed by atoms with van der Waals surface area (Å²) >= 11 is 0. The van der Waals surface area contributed by atoms with Gasteiger partial charge in [-0.25, -0.2) is 9.13 Å². The Hall–Kier alpha value is -1.94. The quantitative estimate of drug-likeness (QED) is 0.0222. The summed E-state index contributed by atoms with van der Waals surface area (Å²) in [5.74, 6) is 0.235. The molecule has 0 bridgehead atoms. The molecule has 0 aromatic rings. The monoisotopic (exact) mass is 1550 g/mol. The molecule has 0 amide bonds. The molecular weight excluding hydrogens is 1380 g/mol. The lowest BCUT2D eigenvalue weighted by Crippen LogP contribution is -2.30. The van der Waals surface area contributed by atoms with Crippen molar-refractivity contribution in [2.45, 2.75) is 478 Å². The molecule has 0 saturated carbocycles. The van der Waals surface area contributed by atoms with Gasteiger partial charge in [0.15, 0.2) is 12.2 Å². The number of aliphatic hydroxyl groups excluding tert-OH is 1. The first kappa shape index (κ1) is 104. The highest BCUT2D eigenvalue weighted by Gasteiger charge is 2.30. The lowest BCUT2D eigenvalue weighted by Gasteiger charge is -2.21. The molecule has 19 heteroatoms. The van der Waals surface area contributed by atoms with Crippen molar-refractivity contribution in [3.8, 4) is 0 Å². The van der Waals surface area contributed by atoms with E-state index < -0.39 is 97.5 Å². The van der Waals surface area contributed by atoms with Gasteiger partial charge in [-0.2, -0.15) is 0 Å². The number of hydrogen-bond acceptors (Lipinski definition) is 15. The number of phosphoric ester groups is 2. The first-order valence-corrected chi connectivity index (χ1v) is 47.8. The van der Waals surface area contributed by atoms with Gasteiger partial charge in [0.25, 0.3) is 0 Å². The highest BCUT2D eigenvalue weighted by molar-refractivity contribution is 7.47. The molecule has 0 aromatic heterocycles. The maximum Gasteiger partial charge on any atom is 0.472 e. The molecule has 0 heterocycles. The Balaban J connectivity index is 5.26. The van der Waals surface area contributed by atoms with E-state index in [1.54, 1.807) is 0 Å². The first-order valence-electron chi connectivity index (χ1n) is 44.8. The summed E-state index contributed by atoms with van der Waals surface area (Å²) in [4.78, 5) is 73.3. The van der Waals surface area contributed by atoms with Crippen LogP contribution in [-0.2, 0) is 65.4 Å². The molecule has 0 saturated heterocycles. The Kier molecular flexibility index (Phi) is 75.6. The number of phosphoric acid groups is 2. The number of carbonyl (C=O) groups is 4. The van der Waals surface area contributed by atoms with E-state index in [0.29, 0.717) is 25.7 Å². The number of carbonyl (C=O) groups excluding carboxylic acids is 4. The van der Waals surface area contributed by atoms with Crippen molar-refractivity contribution in [1.82, 2.24) is 0 Å². The van der Waals surface area contributed by atoms with Crippen molar-refractivity contribution in [2.24, 2.45) is 17.8 Å². The van der Waals surface area contributed by atoms with E-state index in [-0.39, 0.29) is 25.7 Å². The van der Waals surface area contributed by atoms with E-state index in [9.17, 15) is 43.2 Å². The number of ether oxygens (including phenoxy) is 4. The normalized spacial score (nSPS) is 13.9. The second-order valence-corrected chi connectivity index (χ2v) is 35.6. The zero-order valence-corrected chi connectivity index (χ0v) is 71.7. The Morgan fingerprint density at radius 1 is 0.255 bits per heavy atom. The SMILES string of the molecule is CCCCCCCCCCCCCCCCCCCCCCC(=O)O[C@H](COC(=O)CCCCCCCCCCCCCCCCC(C)C)COP(=O)(O)OC[C@@H](O)COP(=O)(O)OC[C@@H](COC(=O)CCCCCCCCCCCC(C)C)OC(=O)CCCCCCCCCCCCCCCCC(C)C. The summed E-state index contributed by atoms with van der Waals surface area (Å²) in [5, 5.41) is 10.7.